The Morgan fingerprint density at radius 3 is 1.43 bits per heavy atom. The summed E-state index contributed by atoms with van der Waals surface area (Å²) in [5.74, 6) is -16.8. The Morgan fingerprint density at radius 1 is 0.857 bits per heavy atom. The minimum atomic E-state index is -6.72. The molecule has 0 saturated carbocycles. The Kier molecular flexibility index (Phi) is 3.09. The third-order valence-corrected chi connectivity index (χ3v) is 1.08. The number of halogens is 9. The van der Waals surface area contributed by atoms with Gasteiger partial charge in [0, 0.05) is 0 Å². The van der Waals surface area contributed by atoms with Crippen LogP contribution in [0.15, 0.2) is 5.21 Å². The maximum absolute atomic E-state index is 11.9. The lowest BCUT2D eigenvalue weighted by atomic mass is 10.1. The molecule has 0 bridgehead atoms. The average molecular weight is 233 g/mol. The van der Waals surface area contributed by atoms with Gasteiger partial charge in [0.1, 0.15) is 0 Å². The molecule has 0 aliphatic rings. The molecule has 0 fully saturated rings. The maximum Gasteiger partial charge on any atom is 0.460 e. The molecule has 84 valence electrons. The Balaban J connectivity index is 5.29. The van der Waals surface area contributed by atoms with E-state index in [1.165, 1.54) is 0 Å². The van der Waals surface area contributed by atoms with Gasteiger partial charge in [0.15, 0.2) is 0 Å². The minimum Gasteiger partial charge on any atom is -0.189 e. The number of rotatable bonds is 2. The van der Waals surface area contributed by atoms with Crippen LogP contribution >= 0.6 is 0 Å². The molecule has 0 spiro atoms. The van der Waals surface area contributed by atoms with Crippen LogP contribution in [0.3, 0.4) is 0 Å². The average Bonchev–Trinajstić information content (AvgIpc) is 2.00. The molecule has 0 saturated heterocycles. The summed E-state index contributed by atoms with van der Waals surface area (Å²) in [6.07, 6.45) is -6.71. The number of alkyl halides is 7. The van der Waals surface area contributed by atoms with Crippen molar-refractivity contribution in [2.24, 2.45) is 5.21 Å². The van der Waals surface area contributed by atoms with E-state index in [0.717, 1.165) is 0 Å². The molecule has 0 atom stereocenters. The fourth-order valence-corrected chi connectivity index (χ4v) is 0.361. The first-order chi connectivity index (χ1) is 5.98. The van der Waals surface area contributed by atoms with Gasteiger partial charge in [-0.15, -0.1) is 0 Å². The zero-order chi connectivity index (χ0) is 11.8. The third kappa shape index (κ3) is 1.77. The topological polar surface area (TPSA) is 12.4 Å². The van der Waals surface area contributed by atoms with Crippen molar-refractivity contribution >= 4 is 5.97 Å². The molecule has 0 aromatic rings. The standard InChI is InChI=1S/C4F9N/c5-1(14-13)2(6,7)3(8,9)4(10,11)12/b14-1-. The first-order valence-corrected chi connectivity index (χ1v) is 2.65. The molecule has 0 heterocycles. The van der Waals surface area contributed by atoms with Crippen LogP contribution in [0.1, 0.15) is 0 Å². The Labute approximate surface area is 70.2 Å². The van der Waals surface area contributed by atoms with E-state index in [-0.39, 0.29) is 0 Å². The third-order valence-electron chi connectivity index (χ3n) is 1.08. The van der Waals surface area contributed by atoms with Gasteiger partial charge in [0.05, 0.1) is 0 Å². The second-order valence-electron chi connectivity index (χ2n) is 2.02. The van der Waals surface area contributed by atoms with Gasteiger partial charge >= 0.3 is 18.0 Å². The summed E-state index contributed by atoms with van der Waals surface area (Å²) in [5, 5.41) is 0.460. The highest BCUT2D eigenvalue weighted by Crippen LogP contribution is 2.47. The van der Waals surface area contributed by atoms with Gasteiger partial charge in [-0.2, -0.15) is 35.1 Å². The molecule has 0 aliphatic carbocycles. The molecule has 0 aromatic heterocycles. The molecular weight excluding hydrogens is 233 g/mol. The summed E-state index contributed by atoms with van der Waals surface area (Å²) in [6, 6.07) is 0. The quantitative estimate of drug-likeness (QED) is 0.513. The summed E-state index contributed by atoms with van der Waals surface area (Å²) in [5.41, 5.74) is 0. The predicted octanol–water partition coefficient (Wildman–Crippen LogP) is 3.07. The fourth-order valence-electron chi connectivity index (χ4n) is 0.361. The first kappa shape index (κ1) is 13.0. The van der Waals surface area contributed by atoms with Gasteiger partial charge in [0.25, 0.3) is 5.97 Å². The van der Waals surface area contributed by atoms with Crippen LogP contribution in [-0.4, -0.2) is 24.0 Å². The van der Waals surface area contributed by atoms with E-state index < -0.39 is 24.0 Å². The van der Waals surface area contributed by atoms with Gasteiger partial charge in [-0.1, -0.05) is 9.70 Å². The number of hydrogen-bond acceptors (Lipinski definition) is 1. The molecule has 10 heteroatoms. The van der Waals surface area contributed by atoms with Crippen LogP contribution in [-0.2, 0) is 0 Å². The lowest BCUT2D eigenvalue weighted by molar-refractivity contribution is -0.338. The number of nitrogens with zero attached hydrogens (tertiary/aromatic N) is 1. The zero-order valence-electron chi connectivity index (χ0n) is 5.85. The lowest BCUT2D eigenvalue weighted by Gasteiger charge is -2.25. The van der Waals surface area contributed by atoms with E-state index in [0.29, 0.717) is 5.21 Å². The summed E-state index contributed by atoms with van der Waals surface area (Å²) in [6.45, 7) is 0. The molecule has 0 aliphatic heterocycles. The van der Waals surface area contributed by atoms with Crippen LogP contribution in [0, 0.1) is 0 Å². The van der Waals surface area contributed by atoms with Gasteiger partial charge in [-0.3, -0.25) is 0 Å². The SMILES string of the molecule is F/N=C(\F)C(F)(F)C(F)(F)C(F)(F)F. The lowest BCUT2D eigenvalue weighted by Crippen LogP contribution is -2.55. The van der Waals surface area contributed by atoms with Gasteiger partial charge in [-0.05, 0) is 0 Å². The van der Waals surface area contributed by atoms with E-state index in [2.05, 4.69) is 0 Å². The predicted molar refractivity (Wildman–Crippen MR) is 25.6 cm³/mol. The second-order valence-corrected chi connectivity index (χ2v) is 2.02. The molecule has 14 heavy (non-hydrogen) atoms. The van der Waals surface area contributed by atoms with Crippen molar-refractivity contribution < 1.29 is 39.6 Å². The zero-order valence-corrected chi connectivity index (χ0v) is 5.85. The minimum absolute atomic E-state index is 0.460. The van der Waals surface area contributed by atoms with Crippen molar-refractivity contribution in [1.29, 1.82) is 0 Å². The van der Waals surface area contributed by atoms with Gasteiger partial charge in [-0.25, -0.2) is 0 Å². The van der Waals surface area contributed by atoms with Crippen LogP contribution in [0.2, 0.25) is 0 Å². The second kappa shape index (κ2) is 3.31. The molecule has 1 nitrogen and oxygen atoms in total. The highest BCUT2D eigenvalue weighted by molar-refractivity contribution is 5.83. The van der Waals surface area contributed by atoms with Crippen molar-refractivity contribution in [1.82, 2.24) is 0 Å². The summed E-state index contributed by atoms with van der Waals surface area (Å²) in [7, 11) is 0. The van der Waals surface area contributed by atoms with E-state index in [1.54, 1.807) is 0 Å². The molecule has 0 radical (unpaired) electrons. The van der Waals surface area contributed by atoms with Crippen molar-refractivity contribution in [3.8, 4) is 0 Å². The van der Waals surface area contributed by atoms with E-state index in [4.69, 9.17) is 0 Å². The van der Waals surface area contributed by atoms with E-state index in [9.17, 15) is 39.6 Å². The highest BCUT2D eigenvalue weighted by atomic mass is 19.4. The maximum atomic E-state index is 11.9. The monoisotopic (exact) mass is 233 g/mol. The van der Waals surface area contributed by atoms with Crippen LogP contribution in [0.25, 0.3) is 0 Å². The van der Waals surface area contributed by atoms with Crippen molar-refractivity contribution in [2.45, 2.75) is 18.0 Å². The normalized spacial score (nSPS) is 15.9. The van der Waals surface area contributed by atoms with Gasteiger partial charge < -0.3 is 0 Å². The molecule has 0 amide bonds. The van der Waals surface area contributed by atoms with Crippen molar-refractivity contribution in [2.75, 3.05) is 0 Å². The van der Waals surface area contributed by atoms with Crippen LogP contribution in [0.5, 0.6) is 0 Å². The molecule has 0 rings (SSSR count). The molecule has 0 N–H and O–H groups in total. The first-order valence-electron chi connectivity index (χ1n) is 2.65. The summed E-state index contributed by atoms with van der Waals surface area (Å²) < 4.78 is 103. The van der Waals surface area contributed by atoms with E-state index >= 15 is 0 Å². The van der Waals surface area contributed by atoms with Crippen molar-refractivity contribution in [3.63, 3.8) is 0 Å². The highest BCUT2D eigenvalue weighted by Gasteiger charge is 2.76. The Hall–Kier alpha value is -0.960. The summed E-state index contributed by atoms with van der Waals surface area (Å²) in [4.78, 5) is 0. The Bertz CT molecular complexity index is 238. The Morgan fingerprint density at radius 2 is 1.21 bits per heavy atom. The van der Waals surface area contributed by atoms with E-state index in [1.807, 2.05) is 0 Å². The molecule has 0 aromatic carbocycles. The largest absolute Gasteiger partial charge is 0.460 e. The molecular formula is C4F9N. The number of hydrogen-bond donors (Lipinski definition) is 0. The van der Waals surface area contributed by atoms with Crippen LogP contribution < -0.4 is 0 Å². The fraction of sp³-hybridized carbons (Fsp3) is 0.750. The smallest absolute Gasteiger partial charge is 0.189 e. The summed E-state index contributed by atoms with van der Waals surface area (Å²) >= 11 is 0. The van der Waals surface area contributed by atoms with Crippen LogP contribution in [0.4, 0.5) is 39.6 Å². The molecule has 0 unspecified atom stereocenters. The van der Waals surface area contributed by atoms with Crippen molar-refractivity contribution in [3.05, 3.63) is 0 Å². The van der Waals surface area contributed by atoms with Gasteiger partial charge in [0.2, 0.25) is 0 Å².